The first-order valence-electron chi connectivity index (χ1n) is 7.24. The van der Waals surface area contributed by atoms with Crippen LogP contribution in [-0.4, -0.2) is 17.7 Å². The Hall–Kier alpha value is -2.50. The zero-order valence-corrected chi connectivity index (χ0v) is 13.0. The minimum atomic E-state index is -0.472. The molecule has 1 aromatic heterocycles. The summed E-state index contributed by atoms with van der Waals surface area (Å²) in [6.07, 6.45) is 0.287. The Morgan fingerprint density at radius 3 is 2.59 bits per heavy atom. The van der Waals surface area contributed by atoms with Gasteiger partial charge in [-0.05, 0) is 38.1 Å². The van der Waals surface area contributed by atoms with Gasteiger partial charge in [-0.15, -0.1) is 0 Å². The molecular formula is C16H20N2O4. The van der Waals surface area contributed by atoms with E-state index in [1.807, 2.05) is 13.8 Å². The average molecular weight is 304 g/mol. The number of benzene rings is 1. The van der Waals surface area contributed by atoms with Crippen LogP contribution in [0.2, 0.25) is 0 Å². The number of carbonyl (C=O) groups is 1. The van der Waals surface area contributed by atoms with Crippen molar-refractivity contribution in [3.63, 3.8) is 0 Å². The molecule has 0 unspecified atom stereocenters. The molecule has 6 nitrogen and oxygen atoms in total. The first-order chi connectivity index (χ1) is 10.6. The molecule has 2 aromatic rings. The first-order valence-corrected chi connectivity index (χ1v) is 7.24. The molecule has 6 heteroatoms. The van der Waals surface area contributed by atoms with Crippen LogP contribution in [0.4, 0.5) is 10.5 Å². The normalized spacial score (nSPS) is 10.3. The van der Waals surface area contributed by atoms with Crippen LogP contribution in [-0.2, 0) is 17.8 Å². The fourth-order valence-electron chi connectivity index (χ4n) is 1.84. The quantitative estimate of drug-likeness (QED) is 0.881. The van der Waals surface area contributed by atoms with Gasteiger partial charge in [0.15, 0.2) is 11.7 Å². The minimum absolute atomic E-state index is 0.323. The Kier molecular flexibility index (Phi) is 5.41. The number of aryl methyl sites for hydroxylation is 2. The van der Waals surface area contributed by atoms with Gasteiger partial charge in [0.25, 0.3) is 0 Å². The maximum Gasteiger partial charge on any atom is 0.411 e. The lowest BCUT2D eigenvalue weighted by Crippen LogP contribution is -2.13. The number of nitrogens with one attached hydrogen (secondary N) is 1. The highest BCUT2D eigenvalue weighted by molar-refractivity contribution is 5.84. The third-order valence-corrected chi connectivity index (χ3v) is 2.99. The monoisotopic (exact) mass is 304 g/mol. The Labute approximate surface area is 129 Å². The van der Waals surface area contributed by atoms with E-state index in [1.165, 1.54) is 0 Å². The van der Waals surface area contributed by atoms with Gasteiger partial charge in [-0.1, -0.05) is 6.92 Å². The summed E-state index contributed by atoms with van der Waals surface area (Å²) in [7, 11) is 0. The molecule has 1 aromatic carbocycles. The molecule has 0 spiro atoms. The highest BCUT2D eigenvalue weighted by atomic mass is 16.5. The van der Waals surface area contributed by atoms with Gasteiger partial charge in [0.1, 0.15) is 12.4 Å². The van der Waals surface area contributed by atoms with E-state index >= 15 is 0 Å². The van der Waals surface area contributed by atoms with Crippen molar-refractivity contribution < 1.29 is 18.7 Å². The summed E-state index contributed by atoms with van der Waals surface area (Å²) in [4.78, 5) is 15.6. The lowest BCUT2D eigenvalue weighted by atomic mass is 10.3. The fraction of sp³-hybridized carbons (Fsp3) is 0.375. The first kappa shape index (κ1) is 15.9. The zero-order valence-electron chi connectivity index (χ0n) is 13.0. The second-order valence-electron chi connectivity index (χ2n) is 4.63. The van der Waals surface area contributed by atoms with Crippen molar-refractivity contribution in [2.45, 2.75) is 33.8 Å². The van der Waals surface area contributed by atoms with E-state index in [1.54, 1.807) is 31.2 Å². The molecule has 2 rings (SSSR count). The van der Waals surface area contributed by atoms with Crippen molar-refractivity contribution in [2.75, 3.05) is 11.9 Å². The molecule has 1 heterocycles. The Bertz CT molecular complexity index is 620. The Morgan fingerprint density at radius 1 is 1.27 bits per heavy atom. The lowest BCUT2D eigenvalue weighted by Gasteiger charge is -2.07. The maximum atomic E-state index is 11.3. The van der Waals surface area contributed by atoms with Crippen LogP contribution in [0.1, 0.15) is 31.2 Å². The van der Waals surface area contributed by atoms with Crippen LogP contribution in [0.15, 0.2) is 28.7 Å². The van der Waals surface area contributed by atoms with Crippen LogP contribution < -0.4 is 10.1 Å². The van der Waals surface area contributed by atoms with E-state index in [0.29, 0.717) is 30.5 Å². The van der Waals surface area contributed by atoms with Crippen molar-refractivity contribution in [3.8, 4) is 5.75 Å². The van der Waals surface area contributed by atoms with Gasteiger partial charge in [0, 0.05) is 12.1 Å². The standard InChI is InChI=1S/C16H20N2O4/c1-4-15-17-11(3)14(22-15)10-21-13-8-6-12(7-9-13)18-16(19)20-5-2/h6-9H,4-5,10H2,1-3H3,(H,18,19). The van der Waals surface area contributed by atoms with Gasteiger partial charge in [-0.3, -0.25) is 5.32 Å². The van der Waals surface area contributed by atoms with Gasteiger partial charge >= 0.3 is 6.09 Å². The molecule has 0 saturated heterocycles. The van der Waals surface area contributed by atoms with Gasteiger partial charge in [0.2, 0.25) is 0 Å². The van der Waals surface area contributed by atoms with Gasteiger partial charge in [0.05, 0.1) is 12.3 Å². The number of ether oxygens (including phenoxy) is 2. The Morgan fingerprint density at radius 2 is 2.00 bits per heavy atom. The third-order valence-electron chi connectivity index (χ3n) is 2.99. The van der Waals surface area contributed by atoms with Gasteiger partial charge in [-0.25, -0.2) is 9.78 Å². The lowest BCUT2D eigenvalue weighted by molar-refractivity contribution is 0.168. The molecule has 0 bridgehead atoms. The van der Waals surface area contributed by atoms with E-state index in [2.05, 4.69) is 10.3 Å². The minimum Gasteiger partial charge on any atom is -0.486 e. The Balaban J connectivity index is 1.90. The zero-order chi connectivity index (χ0) is 15.9. The number of rotatable bonds is 6. The number of amides is 1. The molecule has 0 fully saturated rings. The van der Waals surface area contributed by atoms with Crippen LogP contribution >= 0.6 is 0 Å². The topological polar surface area (TPSA) is 73.6 Å². The molecule has 0 aliphatic rings. The van der Waals surface area contributed by atoms with Crippen molar-refractivity contribution in [1.82, 2.24) is 4.98 Å². The molecule has 0 radical (unpaired) electrons. The molecule has 0 atom stereocenters. The smallest absolute Gasteiger partial charge is 0.411 e. The SMILES string of the molecule is CCOC(=O)Nc1ccc(OCc2oc(CC)nc2C)cc1. The largest absolute Gasteiger partial charge is 0.486 e. The van der Waals surface area contributed by atoms with Crippen molar-refractivity contribution in [2.24, 2.45) is 0 Å². The average Bonchev–Trinajstić information content (AvgIpc) is 2.87. The van der Waals surface area contributed by atoms with E-state index in [-0.39, 0.29) is 0 Å². The van der Waals surface area contributed by atoms with Crippen molar-refractivity contribution >= 4 is 11.8 Å². The molecule has 0 aliphatic carbocycles. The number of nitrogens with zero attached hydrogens (tertiary/aromatic N) is 1. The molecule has 22 heavy (non-hydrogen) atoms. The van der Waals surface area contributed by atoms with Gasteiger partial charge < -0.3 is 13.9 Å². The highest BCUT2D eigenvalue weighted by Gasteiger charge is 2.09. The molecular weight excluding hydrogens is 284 g/mol. The van der Waals surface area contributed by atoms with Crippen molar-refractivity contribution in [1.29, 1.82) is 0 Å². The van der Waals surface area contributed by atoms with Crippen LogP contribution in [0, 0.1) is 6.92 Å². The van der Waals surface area contributed by atoms with E-state index in [9.17, 15) is 4.79 Å². The predicted molar refractivity (Wildman–Crippen MR) is 82.0 cm³/mol. The third kappa shape index (κ3) is 4.25. The van der Waals surface area contributed by atoms with E-state index < -0.39 is 6.09 Å². The predicted octanol–water partition coefficient (Wildman–Crippen LogP) is 3.69. The van der Waals surface area contributed by atoms with Crippen LogP contribution in [0.3, 0.4) is 0 Å². The molecule has 1 N–H and O–H groups in total. The summed E-state index contributed by atoms with van der Waals surface area (Å²) < 4.78 is 16.0. The summed E-state index contributed by atoms with van der Waals surface area (Å²) in [5.41, 5.74) is 1.49. The number of hydrogen-bond donors (Lipinski definition) is 1. The fourth-order valence-corrected chi connectivity index (χ4v) is 1.84. The summed E-state index contributed by atoms with van der Waals surface area (Å²) in [6, 6.07) is 7.04. The second-order valence-corrected chi connectivity index (χ2v) is 4.63. The van der Waals surface area contributed by atoms with Crippen LogP contribution in [0.5, 0.6) is 5.75 Å². The molecule has 118 valence electrons. The molecule has 0 saturated carbocycles. The highest BCUT2D eigenvalue weighted by Crippen LogP contribution is 2.19. The molecule has 1 amide bonds. The summed E-state index contributed by atoms with van der Waals surface area (Å²) in [6.45, 7) is 6.30. The van der Waals surface area contributed by atoms with Crippen molar-refractivity contribution in [3.05, 3.63) is 41.6 Å². The summed E-state index contributed by atoms with van der Waals surface area (Å²) in [5.74, 6) is 2.12. The van der Waals surface area contributed by atoms with E-state index in [0.717, 1.165) is 17.9 Å². The number of anilines is 1. The number of carbonyl (C=O) groups excluding carboxylic acids is 1. The number of aromatic nitrogens is 1. The number of hydrogen-bond acceptors (Lipinski definition) is 5. The summed E-state index contributed by atoms with van der Waals surface area (Å²) >= 11 is 0. The van der Waals surface area contributed by atoms with Crippen LogP contribution in [0.25, 0.3) is 0 Å². The van der Waals surface area contributed by atoms with E-state index in [4.69, 9.17) is 13.9 Å². The maximum absolute atomic E-state index is 11.3. The second kappa shape index (κ2) is 7.49. The number of oxazole rings is 1. The van der Waals surface area contributed by atoms with Gasteiger partial charge in [-0.2, -0.15) is 0 Å². The molecule has 0 aliphatic heterocycles. The summed E-state index contributed by atoms with van der Waals surface area (Å²) in [5, 5.41) is 2.62.